The average molecular weight is 284 g/mol. The number of aryl methyl sites for hydroxylation is 1. The molecule has 5 nitrogen and oxygen atoms in total. The molecule has 0 amide bonds. The van der Waals surface area contributed by atoms with Crippen LogP contribution in [0.5, 0.6) is 0 Å². The van der Waals surface area contributed by atoms with Crippen molar-refractivity contribution < 1.29 is 9.90 Å². The maximum Gasteiger partial charge on any atom is 0.356 e. The summed E-state index contributed by atoms with van der Waals surface area (Å²) >= 11 is 7.28. The molecule has 2 aromatic rings. The van der Waals surface area contributed by atoms with Crippen molar-refractivity contribution in [1.29, 1.82) is 0 Å². The Morgan fingerprint density at radius 2 is 2.33 bits per heavy atom. The number of carboxylic acids is 1. The van der Waals surface area contributed by atoms with Crippen LogP contribution in [0.1, 0.15) is 21.1 Å². The lowest BCUT2D eigenvalue weighted by molar-refractivity contribution is 0.0691. The highest BCUT2D eigenvalue weighted by atomic mass is 35.5. The third-order valence-corrected chi connectivity index (χ3v) is 3.56. The molecular formula is C11H10ClN3O2S. The Morgan fingerprint density at radius 3 is 2.94 bits per heavy atom. The second-order valence-corrected chi connectivity index (χ2v) is 4.89. The van der Waals surface area contributed by atoms with Crippen molar-refractivity contribution in [1.82, 2.24) is 9.97 Å². The Hall–Kier alpha value is -1.66. The number of aromatic nitrogens is 2. The molecule has 2 rings (SSSR count). The first-order valence-corrected chi connectivity index (χ1v) is 6.36. The number of carbonyl (C=O) groups is 1. The Balaban J connectivity index is 2.13. The molecule has 0 unspecified atom stereocenters. The molecule has 0 saturated carbocycles. The van der Waals surface area contributed by atoms with E-state index < -0.39 is 5.97 Å². The molecule has 0 aliphatic carbocycles. The van der Waals surface area contributed by atoms with Gasteiger partial charge in [-0.25, -0.2) is 14.8 Å². The number of nitrogens with zero attached hydrogens (tertiary/aromatic N) is 2. The summed E-state index contributed by atoms with van der Waals surface area (Å²) in [5.41, 5.74) is 2.58. The van der Waals surface area contributed by atoms with Gasteiger partial charge in [0.15, 0.2) is 5.69 Å². The summed E-state index contributed by atoms with van der Waals surface area (Å²) in [6.45, 7) is 2.48. The van der Waals surface area contributed by atoms with E-state index >= 15 is 0 Å². The van der Waals surface area contributed by atoms with Gasteiger partial charge in [0, 0.05) is 4.88 Å². The Kier molecular flexibility index (Phi) is 3.78. The molecule has 0 spiro atoms. The number of halogens is 1. The highest BCUT2D eigenvalue weighted by molar-refractivity contribution is 7.09. The van der Waals surface area contributed by atoms with E-state index in [0.717, 1.165) is 10.6 Å². The molecule has 0 radical (unpaired) electrons. The lowest BCUT2D eigenvalue weighted by atomic mass is 10.3. The fourth-order valence-electron chi connectivity index (χ4n) is 1.36. The Bertz CT molecular complexity index is 585. The van der Waals surface area contributed by atoms with E-state index in [1.807, 2.05) is 6.92 Å². The number of aromatic carboxylic acids is 1. The summed E-state index contributed by atoms with van der Waals surface area (Å²) in [6, 6.07) is 3.16. The summed E-state index contributed by atoms with van der Waals surface area (Å²) in [5, 5.41) is 12.1. The van der Waals surface area contributed by atoms with Gasteiger partial charge >= 0.3 is 5.97 Å². The van der Waals surface area contributed by atoms with Crippen LogP contribution in [-0.2, 0) is 6.54 Å². The quantitative estimate of drug-likeness (QED) is 0.902. The smallest absolute Gasteiger partial charge is 0.356 e. The van der Waals surface area contributed by atoms with E-state index in [1.165, 1.54) is 17.4 Å². The molecule has 2 aromatic heterocycles. The summed E-state index contributed by atoms with van der Waals surface area (Å²) in [4.78, 5) is 20.0. The van der Waals surface area contributed by atoms with Crippen molar-refractivity contribution in [3.63, 3.8) is 0 Å². The van der Waals surface area contributed by atoms with Gasteiger partial charge in [0.25, 0.3) is 0 Å². The number of hydrogen-bond acceptors (Lipinski definition) is 5. The minimum Gasteiger partial charge on any atom is -0.476 e. The minimum atomic E-state index is -1.14. The van der Waals surface area contributed by atoms with Gasteiger partial charge in [-0.2, -0.15) is 0 Å². The molecule has 0 aliphatic heterocycles. The van der Waals surface area contributed by atoms with Gasteiger partial charge in [-0.15, -0.1) is 11.3 Å². The van der Waals surface area contributed by atoms with Crippen LogP contribution in [-0.4, -0.2) is 21.0 Å². The zero-order chi connectivity index (χ0) is 13.1. The van der Waals surface area contributed by atoms with Crippen molar-refractivity contribution in [2.45, 2.75) is 13.5 Å². The highest BCUT2D eigenvalue weighted by Crippen LogP contribution is 2.18. The zero-order valence-corrected chi connectivity index (χ0v) is 11.0. The van der Waals surface area contributed by atoms with E-state index in [-0.39, 0.29) is 10.7 Å². The Morgan fingerprint density at radius 1 is 1.56 bits per heavy atom. The van der Waals surface area contributed by atoms with Crippen molar-refractivity contribution in [2.75, 3.05) is 5.32 Å². The molecule has 94 valence electrons. The van der Waals surface area contributed by atoms with Gasteiger partial charge in [-0.05, 0) is 19.1 Å². The SMILES string of the molecule is Cc1ncsc1CNc1ccc(Cl)c(C(=O)O)n1. The van der Waals surface area contributed by atoms with E-state index in [9.17, 15) is 4.79 Å². The molecule has 0 saturated heterocycles. The van der Waals surface area contributed by atoms with Crippen molar-refractivity contribution in [2.24, 2.45) is 0 Å². The van der Waals surface area contributed by atoms with Crippen LogP contribution in [0.4, 0.5) is 5.82 Å². The van der Waals surface area contributed by atoms with Crippen molar-refractivity contribution in [3.8, 4) is 0 Å². The Labute approximate surface area is 112 Å². The van der Waals surface area contributed by atoms with Crippen molar-refractivity contribution >= 4 is 34.7 Å². The zero-order valence-electron chi connectivity index (χ0n) is 9.48. The molecule has 2 N–H and O–H groups in total. The molecular weight excluding hydrogens is 274 g/mol. The number of thiazole rings is 1. The predicted molar refractivity (Wildman–Crippen MR) is 70.4 cm³/mol. The molecule has 0 bridgehead atoms. The molecule has 2 heterocycles. The van der Waals surface area contributed by atoms with Gasteiger partial charge in [0.05, 0.1) is 22.8 Å². The fraction of sp³-hybridized carbons (Fsp3) is 0.182. The summed E-state index contributed by atoms with van der Waals surface area (Å²) in [6.07, 6.45) is 0. The van der Waals surface area contributed by atoms with Crippen LogP contribution in [0, 0.1) is 6.92 Å². The lowest BCUT2D eigenvalue weighted by Gasteiger charge is -2.06. The maximum absolute atomic E-state index is 10.9. The van der Waals surface area contributed by atoms with E-state index in [2.05, 4.69) is 15.3 Å². The summed E-state index contributed by atoms with van der Waals surface area (Å²) < 4.78 is 0. The molecule has 0 aromatic carbocycles. The lowest BCUT2D eigenvalue weighted by Crippen LogP contribution is -2.06. The molecule has 0 aliphatic rings. The minimum absolute atomic E-state index is 0.127. The molecule has 0 atom stereocenters. The van der Waals surface area contributed by atoms with Crippen LogP contribution in [0.15, 0.2) is 17.6 Å². The first kappa shape index (κ1) is 12.8. The fourth-order valence-corrected chi connectivity index (χ4v) is 2.26. The van der Waals surface area contributed by atoms with Crippen LogP contribution in [0.2, 0.25) is 5.02 Å². The number of nitrogens with one attached hydrogen (secondary N) is 1. The summed E-state index contributed by atoms with van der Waals surface area (Å²) in [5.74, 6) is -0.665. The van der Waals surface area contributed by atoms with Gasteiger partial charge in [0.1, 0.15) is 5.82 Å². The normalized spacial score (nSPS) is 10.3. The maximum atomic E-state index is 10.9. The number of anilines is 1. The third-order valence-electron chi connectivity index (χ3n) is 2.32. The first-order valence-electron chi connectivity index (χ1n) is 5.10. The van der Waals surface area contributed by atoms with Gasteiger partial charge in [0.2, 0.25) is 0 Å². The second-order valence-electron chi connectivity index (χ2n) is 3.55. The number of rotatable bonds is 4. The third kappa shape index (κ3) is 2.77. The number of carboxylic acid groups (broad SMARTS) is 1. The van der Waals surface area contributed by atoms with E-state index in [0.29, 0.717) is 12.4 Å². The van der Waals surface area contributed by atoms with Crippen LogP contribution in [0.25, 0.3) is 0 Å². The highest BCUT2D eigenvalue weighted by Gasteiger charge is 2.11. The first-order chi connectivity index (χ1) is 8.58. The second kappa shape index (κ2) is 5.32. The molecule has 0 fully saturated rings. The topological polar surface area (TPSA) is 75.1 Å². The number of hydrogen-bond donors (Lipinski definition) is 2. The predicted octanol–water partition coefficient (Wildman–Crippen LogP) is 2.81. The van der Waals surface area contributed by atoms with Gasteiger partial charge in [-0.1, -0.05) is 11.6 Å². The average Bonchev–Trinajstić information content (AvgIpc) is 2.73. The molecule has 18 heavy (non-hydrogen) atoms. The van der Waals surface area contributed by atoms with Crippen LogP contribution >= 0.6 is 22.9 Å². The number of pyridine rings is 1. The molecule has 7 heteroatoms. The van der Waals surface area contributed by atoms with E-state index in [4.69, 9.17) is 16.7 Å². The standard InChI is InChI=1S/C11H10ClN3O2S/c1-6-8(18-5-14-6)4-13-9-3-2-7(12)10(15-9)11(16)17/h2-3,5H,4H2,1H3,(H,13,15)(H,16,17). The largest absolute Gasteiger partial charge is 0.476 e. The van der Waals surface area contributed by atoms with Crippen molar-refractivity contribution in [3.05, 3.63) is 38.9 Å². The van der Waals surface area contributed by atoms with Gasteiger partial charge in [-0.3, -0.25) is 0 Å². The summed E-state index contributed by atoms with van der Waals surface area (Å²) in [7, 11) is 0. The monoisotopic (exact) mass is 283 g/mol. The van der Waals surface area contributed by atoms with E-state index in [1.54, 1.807) is 11.6 Å². The van der Waals surface area contributed by atoms with Crippen LogP contribution < -0.4 is 5.32 Å². The van der Waals surface area contributed by atoms with Gasteiger partial charge < -0.3 is 10.4 Å². The van der Waals surface area contributed by atoms with Crippen LogP contribution in [0.3, 0.4) is 0 Å².